The second kappa shape index (κ2) is 11.8. The highest BCUT2D eigenvalue weighted by molar-refractivity contribution is 7.89. The summed E-state index contributed by atoms with van der Waals surface area (Å²) >= 11 is 0. The highest BCUT2D eigenvalue weighted by Gasteiger charge is 2.26. The standard InChI is InChI=1S/C26H36N2O5S/c1-26(2,3)22-8-10-23(11-9-22)33-18-4-5-25(29)27-15-14-21-6-12-24(13-7-21)34(30,31)28-16-19-32-20-17-28/h6-13H,4-5,14-20H2,1-3H3,(H,27,29). The minimum absolute atomic E-state index is 0.0156. The molecule has 0 aromatic heterocycles. The molecule has 7 nitrogen and oxygen atoms in total. The predicted molar refractivity (Wildman–Crippen MR) is 133 cm³/mol. The van der Waals surface area contributed by atoms with Gasteiger partial charge in [0.15, 0.2) is 0 Å². The number of hydrogen-bond acceptors (Lipinski definition) is 5. The van der Waals surface area contributed by atoms with Crippen molar-refractivity contribution in [3.63, 3.8) is 0 Å². The number of nitrogens with zero attached hydrogens (tertiary/aromatic N) is 1. The maximum absolute atomic E-state index is 12.7. The summed E-state index contributed by atoms with van der Waals surface area (Å²) in [6.45, 7) is 9.12. The highest BCUT2D eigenvalue weighted by Crippen LogP contribution is 2.24. The molecule has 34 heavy (non-hydrogen) atoms. The molecule has 0 radical (unpaired) electrons. The summed E-state index contributed by atoms with van der Waals surface area (Å²) in [7, 11) is -3.48. The van der Waals surface area contributed by atoms with Gasteiger partial charge in [-0.1, -0.05) is 45.0 Å². The van der Waals surface area contributed by atoms with Crippen LogP contribution in [0.15, 0.2) is 53.4 Å². The number of carbonyl (C=O) groups is 1. The number of morpholine rings is 1. The van der Waals surface area contributed by atoms with E-state index in [0.29, 0.717) is 58.7 Å². The summed E-state index contributed by atoms with van der Waals surface area (Å²) < 4.78 is 37.8. The lowest BCUT2D eigenvalue weighted by Gasteiger charge is -2.26. The first-order valence-corrected chi connectivity index (χ1v) is 13.3. The van der Waals surface area contributed by atoms with E-state index in [1.165, 1.54) is 9.87 Å². The molecule has 1 aliphatic rings. The zero-order chi connectivity index (χ0) is 24.6. The molecular formula is C26H36N2O5S. The fraction of sp³-hybridized carbons (Fsp3) is 0.500. The Balaban J connectivity index is 1.34. The molecule has 0 unspecified atom stereocenters. The third-order valence-electron chi connectivity index (χ3n) is 5.80. The molecule has 1 aliphatic heterocycles. The van der Waals surface area contributed by atoms with Gasteiger partial charge in [0, 0.05) is 26.1 Å². The molecule has 186 valence electrons. The molecular weight excluding hydrogens is 452 g/mol. The van der Waals surface area contributed by atoms with E-state index in [9.17, 15) is 13.2 Å². The van der Waals surface area contributed by atoms with Crippen LogP contribution in [-0.4, -0.2) is 58.1 Å². The van der Waals surface area contributed by atoms with Gasteiger partial charge in [-0.3, -0.25) is 4.79 Å². The molecule has 1 amide bonds. The fourth-order valence-corrected chi connectivity index (χ4v) is 5.08. The van der Waals surface area contributed by atoms with Crippen molar-refractivity contribution in [2.24, 2.45) is 0 Å². The summed E-state index contributed by atoms with van der Waals surface area (Å²) in [5, 5.41) is 2.92. The van der Waals surface area contributed by atoms with Crippen LogP contribution >= 0.6 is 0 Å². The van der Waals surface area contributed by atoms with Crippen molar-refractivity contribution in [2.45, 2.75) is 50.3 Å². The van der Waals surface area contributed by atoms with E-state index in [-0.39, 0.29) is 16.2 Å². The molecule has 0 saturated carbocycles. The first kappa shape index (κ1) is 26.2. The number of sulfonamides is 1. The molecule has 1 N–H and O–H groups in total. The number of ether oxygens (including phenoxy) is 2. The summed E-state index contributed by atoms with van der Waals surface area (Å²) in [4.78, 5) is 12.4. The van der Waals surface area contributed by atoms with Crippen LogP contribution in [0.25, 0.3) is 0 Å². The van der Waals surface area contributed by atoms with Gasteiger partial charge in [-0.05, 0) is 53.6 Å². The second-order valence-electron chi connectivity index (χ2n) is 9.49. The zero-order valence-electron chi connectivity index (χ0n) is 20.4. The Kier molecular flexibility index (Phi) is 9.10. The van der Waals surface area contributed by atoms with Gasteiger partial charge < -0.3 is 14.8 Å². The summed E-state index contributed by atoms with van der Waals surface area (Å²) in [6, 6.07) is 15.0. The molecule has 1 heterocycles. The zero-order valence-corrected chi connectivity index (χ0v) is 21.2. The molecule has 0 spiro atoms. The lowest BCUT2D eigenvalue weighted by Crippen LogP contribution is -2.40. The van der Waals surface area contributed by atoms with Crippen LogP contribution in [0.5, 0.6) is 5.75 Å². The Bertz CT molecular complexity index is 1020. The van der Waals surface area contributed by atoms with Gasteiger partial charge in [-0.2, -0.15) is 4.31 Å². The minimum Gasteiger partial charge on any atom is -0.494 e. The summed E-state index contributed by atoms with van der Waals surface area (Å²) in [5.41, 5.74) is 2.34. The lowest BCUT2D eigenvalue weighted by molar-refractivity contribution is -0.121. The van der Waals surface area contributed by atoms with E-state index in [1.807, 2.05) is 12.1 Å². The van der Waals surface area contributed by atoms with E-state index < -0.39 is 10.0 Å². The van der Waals surface area contributed by atoms with Crippen molar-refractivity contribution in [1.82, 2.24) is 9.62 Å². The molecule has 3 rings (SSSR count). The minimum atomic E-state index is -3.48. The normalized spacial score (nSPS) is 15.1. The van der Waals surface area contributed by atoms with E-state index in [2.05, 4.69) is 38.2 Å². The van der Waals surface area contributed by atoms with Crippen molar-refractivity contribution in [3.05, 3.63) is 59.7 Å². The van der Waals surface area contributed by atoms with Crippen molar-refractivity contribution < 1.29 is 22.7 Å². The largest absolute Gasteiger partial charge is 0.494 e. The topological polar surface area (TPSA) is 84.9 Å². The first-order chi connectivity index (χ1) is 16.2. The predicted octanol–water partition coefficient (Wildman–Crippen LogP) is 3.52. The van der Waals surface area contributed by atoms with E-state index in [0.717, 1.165) is 11.3 Å². The summed E-state index contributed by atoms with van der Waals surface area (Å²) in [6.07, 6.45) is 1.68. The third kappa shape index (κ3) is 7.55. The van der Waals surface area contributed by atoms with Crippen molar-refractivity contribution in [2.75, 3.05) is 39.5 Å². The van der Waals surface area contributed by atoms with Crippen molar-refractivity contribution in [3.8, 4) is 5.75 Å². The number of amides is 1. The average molecular weight is 489 g/mol. The first-order valence-electron chi connectivity index (χ1n) is 11.8. The van der Waals surface area contributed by atoms with Crippen molar-refractivity contribution >= 4 is 15.9 Å². The quantitative estimate of drug-likeness (QED) is 0.517. The highest BCUT2D eigenvalue weighted by atomic mass is 32.2. The van der Waals surface area contributed by atoms with E-state index >= 15 is 0 Å². The Morgan fingerprint density at radius 1 is 1.03 bits per heavy atom. The van der Waals surface area contributed by atoms with Gasteiger partial charge >= 0.3 is 0 Å². The van der Waals surface area contributed by atoms with Crippen LogP contribution < -0.4 is 10.1 Å². The SMILES string of the molecule is CC(C)(C)c1ccc(OCCCC(=O)NCCc2ccc(S(=O)(=O)N3CCOCC3)cc2)cc1. The Hall–Kier alpha value is -2.42. The van der Waals surface area contributed by atoms with Gasteiger partial charge in [0.2, 0.25) is 15.9 Å². The number of nitrogens with one attached hydrogen (secondary N) is 1. The van der Waals surface area contributed by atoms with E-state index in [1.54, 1.807) is 24.3 Å². The second-order valence-corrected chi connectivity index (χ2v) is 11.4. The number of carbonyl (C=O) groups excluding carboxylic acids is 1. The Morgan fingerprint density at radius 3 is 2.29 bits per heavy atom. The maximum atomic E-state index is 12.7. The summed E-state index contributed by atoms with van der Waals surface area (Å²) in [5.74, 6) is 0.797. The van der Waals surface area contributed by atoms with Gasteiger partial charge in [0.1, 0.15) is 5.75 Å². The van der Waals surface area contributed by atoms with Crippen LogP contribution in [0.2, 0.25) is 0 Å². The molecule has 0 atom stereocenters. The van der Waals surface area contributed by atoms with Gasteiger partial charge in [0.25, 0.3) is 0 Å². The molecule has 8 heteroatoms. The fourth-order valence-electron chi connectivity index (χ4n) is 3.67. The molecule has 2 aromatic carbocycles. The van der Waals surface area contributed by atoms with Crippen molar-refractivity contribution in [1.29, 1.82) is 0 Å². The molecule has 0 bridgehead atoms. The molecule has 0 aliphatic carbocycles. The Morgan fingerprint density at radius 2 is 1.68 bits per heavy atom. The molecule has 1 saturated heterocycles. The Labute approximate surface area is 203 Å². The van der Waals surface area contributed by atoms with Gasteiger partial charge in [-0.15, -0.1) is 0 Å². The van der Waals surface area contributed by atoms with Crippen LogP contribution in [0.3, 0.4) is 0 Å². The third-order valence-corrected chi connectivity index (χ3v) is 7.72. The smallest absolute Gasteiger partial charge is 0.243 e. The van der Waals surface area contributed by atoms with Crippen LogP contribution in [0.4, 0.5) is 0 Å². The van der Waals surface area contributed by atoms with Crippen LogP contribution in [-0.2, 0) is 31.4 Å². The van der Waals surface area contributed by atoms with Crippen LogP contribution in [0.1, 0.15) is 44.7 Å². The average Bonchev–Trinajstić information content (AvgIpc) is 2.82. The lowest BCUT2D eigenvalue weighted by atomic mass is 9.87. The molecule has 1 fully saturated rings. The number of hydrogen-bond donors (Lipinski definition) is 1. The number of rotatable bonds is 10. The monoisotopic (exact) mass is 488 g/mol. The molecule has 2 aromatic rings. The van der Waals surface area contributed by atoms with Crippen LogP contribution in [0, 0.1) is 0 Å². The van der Waals surface area contributed by atoms with Gasteiger partial charge in [-0.25, -0.2) is 8.42 Å². The van der Waals surface area contributed by atoms with E-state index in [4.69, 9.17) is 9.47 Å². The number of benzene rings is 2. The maximum Gasteiger partial charge on any atom is 0.243 e. The van der Waals surface area contributed by atoms with Gasteiger partial charge in [0.05, 0.1) is 24.7 Å².